The third kappa shape index (κ3) is 6.32. The number of nitrogens with zero attached hydrogens (tertiary/aromatic N) is 3. The lowest BCUT2D eigenvalue weighted by Gasteiger charge is -2.61. The summed E-state index contributed by atoms with van der Waals surface area (Å²) in [5.41, 5.74) is -0.452. The van der Waals surface area contributed by atoms with E-state index < -0.39 is 35.9 Å². The summed E-state index contributed by atoms with van der Waals surface area (Å²) in [5, 5.41) is 6.44. The van der Waals surface area contributed by atoms with Gasteiger partial charge in [-0.05, 0) is 90.6 Å². The Morgan fingerprint density at radius 2 is 1.80 bits per heavy atom. The number of ether oxygens (including phenoxy) is 2. The van der Waals surface area contributed by atoms with Crippen LogP contribution in [0.5, 0.6) is 0 Å². The number of carbonyl (C=O) groups is 3. The first-order chi connectivity index (χ1) is 22.1. The van der Waals surface area contributed by atoms with Crippen LogP contribution < -0.4 is 10.6 Å². The zero-order chi connectivity index (χ0) is 32.2. The molecule has 10 atom stereocenters. The molecule has 7 aliphatic rings. The summed E-state index contributed by atoms with van der Waals surface area (Å²) in [6, 6.07) is -0.919. The number of carbonyl (C=O) groups excluding carboxylic acids is 3. The number of alkyl halides is 1. The summed E-state index contributed by atoms with van der Waals surface area (Å²) in [5.74, 6) is -0.135. The van der Waals surface area contributed by atoms with E-state index in [1.165, 1.54) is 32.1 Å². The number of morpholine rings is 1. The number of nitrogens with one attached hydrogen (secondary N) is 2. The van der Waals surface area contributed by atoms with Gasteiger partial charge in [0.05, 0.1) is 41.9 Å². The summed E-state index contributed by atoms with van der Waals surface area (Å²) in [6.07, 6.45) is 9.66. The zero-order valence-corrected chi connectivity index (χ0v) is 27.9. The lowest BCUT2D eigenvalue weighted by Crippen LogP contribution is -2.74. The maximum atomic E-state index is 16.3. The van der Waals surface area contributed by atoms with Crippen LogP contribution in [-0.2, 0) is 19.1 Å². The molecule has 0 aromatic carbocycles. The molecule has 11 heteroatoms. The van der Waals surface area contributed by atoms with Gasteiger partial charge in [0.15, 0.2) is 5.78 Å². The van der Waals surface area contributed by atoms with Crippen molar-refractivity contribution in [1.29, 1.82) is 0 Å². The average Bonchev–Trinajstić information content (AvgIpc) is 3.71. The van der Waals surface area contributed by atoms with Crippen molar-refractivity contribution in [2.45, 2.75) is 133 Å². The van der Waals surface area contributed by atoms with Crippen LogP contribution in [0.15, 0.2) is 11.8 Å². The van der Waals surface area contributed by atoms with Gasteiger partial charge in [-0.2, -0.15) is 0 Å². The Morgan fingerprint density at radius 3 is 2.59 bits per heavy atom. The predicted octanol–water partition coefficient (Wildman–Crippen LogP) is 3.40. The molecule has 10 nitrogen and oxygen atoms in total. The molecule has 3 aliphatic carbocycles. The number of Topliss-reactive ketones (excluding diaryl/α,β-unsaturated/α-hetero) is 1. The number of halogens is 1. The van der Waals surface area contributed by atoms with Crippen molar-refractivity contribution >= 4 is 17.8 Å². The van der Waals surface area contributed by atoms with E-state index in [-0.39, 0.29) is 47.9 Å². The van der Waals surface area contributed by atoms with E-state index in [9.17, 15) is 14.4 Å². The quantitative estimate of drug-likeness (QED) is 0.425. The SMILES string of the molecule is CC(C)(C)OC(=O)N[C@@H]1CCN(C(=O)C2=CN3C4CCC5CCCCC5C4OC4C(NCCN5CCCC5)C(F)CC(C2=O)C43)C1. The number of likely N-dealkylation sites (tertiary alicyclic amines) is 2. The molecule has 2 amide bonds. The largest absolute Gasteiger partial charge is 0.444 e. The summed E-state index contributed by atoms with van der Waals surface area (Å²) >= 11 is 0. The number of hydrogen-bond donors (Lipinski definition) is 2. The van der Waals surface area contributed by atoms with Crippen molar-refractivity contribution in [2.24, 2.45) is 17.8 Å². The average molecular weight is 644 g/mol. The summed E-state index contributed by atoms with van der Waals surface area (Å²) in [7, 11) is 0. The van der Waals surface area contributed by atoms with Crippen molar-refractivity contribution < 1.29 is 28.2 Å². The molecule has 0 aromatic heterocycles. The van der Waals surface area contributed by atoms with E-state index in [1.54, 1.807) is 4.90 Å². The molecule has 9 unspecified atom stereocenters. The first-order valence-electron chi connectivity index (χ1n) is 18.1. The second-order valence-electron chi connectivity index (χ2n) is 16.0. The molecule has 0 bridgehead atoms. The standard InChI is InChI=1S/C35H54FN5O5/c1-35(2,3)46-34(44)38-22-12-16-40(19-22)33(43)25-20-41-27-11-10-21-8-4-5-9-23(21)31(27)45-32-28(37-13-17-39-14-6-7-15-39)26(36)18-24(29(32)41)30(25)42/h20-24,26-29,31-32,37H,4-19H2,1-3H3,(H,38,44)/t21?,22-,23?,24?,26?,27?,28?,29?,31?,32?/m1/s1. The Balaban J connectivity index is 1.12. The van der Waals surface area contributed by atoms with Crippen LogP contribution in [0.25, 0.3) is 0 Å². The topological polar surface area (TPSA) is 103 Å². The molecule has 0 aromatic rings. The van der Waals surface area contributed by atoms with Gasteiger partial charge < -0.3 is 34.8 Å². The Bertz CT molecular complexity index is 1200. The Labute approximate surface area is 273 Å². The summed E-state index contributed by atoms with van der Waals surface area (Å²) in [6.45, 7) is 9.98. The van der Waals surface area contributed by atoms with E-state index in [4.69, 9.17) is 9.47 Å². The Hall–Kier alpha value is -2.24. The van der Waals surface area contributed by atoms with Crippen LogP contribution in [0, 0.1) is 17.8 Å². The molecule has 3 saturated carbocycles. The van der Waals surface area contributed by atoms with Gasteiger partial charge in [0.25, 0.3) is 5.91 Å². The predicted molar refractivity (Wildman–Crippen MR) is 171 cm³/mol. The minimum Gasteiger partial charge on any atom is -0.444 e. The maximum Gasteiger partial charge on any atom is 0.407 e. The number of fused-ring (bicyclic) bond motifs is 4. The van der Waals surface area contributed by atoms with Gasteiger partial charge in [-0.3, -0.25) is 9.59 Å². The molecule has 256 valence electrons. The van der Waals surface area contributed by atoms with Gasteiger partial charge in [0.2, 0.25) is 0 Å². The number of rotatable bonds is 6. The normalized spacial score (nSPS) is 39.3. The van der Waals surface area contributed by atoms with Crippen molar-refractivity contribution in [1.82, 2.24) is 25.3 Å². The minimum atomic E-state index is -1.23. The molecule has 46 heavy (non-hydrogen) atoms. The molecule has 0 spiro atoms. The summed E-state index contributed by atoms with van der Waals surface area (Å²) in [4.78, 5) is 47.0. The highest BCUT2D eigenvalue weighted by Gasteiger charge is 2.60. The molecule has 4 aliphatic heterocycles. The Kier molecular flexibility index (Phi) is 9.13. The minimum absolute atomic E-state index is 0.0240. The second kappa shape index (κ2) is 13.0. The lowest BCUT2D eigenvalue weighted by molar-refractivity contribution is -0.220. The van der Waals surface area contributed by atoms with E-state index in [2.05, 4.69) is 20.4 Å². The van der Waals surface area contributed by atoms with Gasteiger partial charge in [0.1, 0.15) is 11.8 Å². The fraction of sp³-hybridized carbons (Fsp3) is 0.857. The van der Waals surface area contributed by atoms with Crippen LogP contribution in [0.3, 0.4) is 0 Å². The van der Waals surface area contributed by atoms with Gasteiger partial charge >= 0.3 is 6.09 Å². The van der Waals surface area contributed by atoms with Crippen molar-refractivity contribution in [3.8, 4) is 0 Å². The monoisotopic (exact) mass is 643 g/mol. The fourth-order valence-electron chi connectivity index (χ4n) is 9.86. The third-order valence-corrected chi connectivity index (χ3v) is 11.9. The van der Waals surface area contributed by atoms with E-state index in [0.29, 0.717) is 37.9 Å². The number of ketones is 1. The van der Waals surface area contributed by atoms with Crippen molar-refractivity contribution in [3.63, 3.8) is 0 Å². The number of alkyl carbamates (subject to hydrolysis) is 1. The number of hydrogen-bond acceptors (Lipinski definition) is 8. The lowest BCUT2D eigenvalue weighted by atomic mass is 9.64. The molecule has 7 rings (SSSR count). The molecule has 2 N–H and O–H groups in total. The third-order valence-electron chi connectivity index (χ3n) is 11.9. The van der Waals surface area contributed by atoms with E-state index in [1.807, 2.05) is 27.0 Å². The van der Waals surface area contributed by atoms with E-state index >= 15 is 4.39 Å². The van der Waals surface area contributed by atoms with Crippen LogP contribution in [0.2, 0.25) is 0 Å². The zero-order valence-electron chi connectivity index (χ0n) is 27.9. The highest BCUT2D eigenvalue weighted by Crippen LogP contribution is 2.51. The molecular weight excluding hydrogens is 589 g/mol. The first kappa shape index (κ1) is 32.3. The van der Waals surface area contributed by atoms with E-state index in [0.717, 1.165) is 38.9 Å². The van der Waals surface area contributed by atoms with Crippen molar-refractivity contribution in [3.05, 3.63) is 11.8 Å². The van der Waals surface area contributed by atoms with Gasteiger partial charge in [-0.25, -0.2) is 9.18 Å². The highest BCUT2D eigenvalue weighted by molar-refractivity contribution is 6.20. The maximum absolute atomic E-state index is 16.3. The van der Waals surface area contributed by atoms with Crippen LogP contribution in [0.4, 0.5) is 9.18 Å². The molecular formula is C35H54FN5O5. The molecule has 3 saturated heterocycles. The second-order valence-corrected chi connectivity index (χ2v) is 16.0. The fourth-order valence-corrected chi connectivity index (χ4v) is 9.86. The molecule has 6 fully saturated rings. The Morgan fingerprint density at radius 1 is 1.02 bits per heavy atom. The molecule has 0 radical (unpaired) electrons. The van der Waals surface area contributed by atoms with Crippen LogP contribution in [0.1, 0.15) is 85.0 Å². The van der Waals surface area contributed by atoms with Gasteiger partial charge in [-0.1, -0.05) is 19.3 Å². The van der Waals surface area contributed by atoms with Crippen LogP contribution >= 0.6 is 0 Å². The van der Waals surface area contributed by atoms with Crippen LogP contribution in [-0.4, -0.2) is 120 Å². The first-order valence-corrected chi connectivity index (χ1v) is 18.1. The molecule has 4 heterocycles. The number of amides is 2. The smallest absolute Gasteiger partial charge is 0.407 e. The highest BCUT2D eigenvalue weighted by atomic mass is 19.1. The summed E-state index contributed by atoms with van der Waals surface area (Å²) < 4.78 is 28.7. The van der Waals surface area contributed by atoms with Gasteiger partial charge in [0, 0.05) is 38.3 Å². The van der Waals surface area contributed by atoms with Gasteiger partial charge in [-0.15, -0.1) is 0 Å². The van der Waals surface area contributed by atoms with Crippen molar-refractivity contribution in [2.75, 3.05) is 39.3 Å².